The number of hydrogen-bond acceptors (Lipinski definition) is 4. The van der Waals surface area contributed by atoms with Gasteiger partial charge in [-0.2, -0.15) is 0 Å². The number of nitrogens with two attached hydrogens (primary N) is 1. The molecule has 0 aliphatic carbocycles. The minimum absolute atomic E-state index is 0.0709. The fourth-order valence-electron chi connectivity index (χ4n) is 0.810. The molecule has 5 nitrogen and oxygen atoms in total. The lowest BCUT2D eigenvalue weighted by molar-refractivity contribution is 0.598. The van der Waals surface area contributed by atoms with Gasteiger partial charge in [0.2, 0.25) is 10.0 Å². The first-order chi connectivity index (χ1) is 6.93. The highest BCUT2D eigenvalue weighted by Crippen LogP contribution is 2.08. The molecule has 1 rings (SSSR count). The van der Waals surface area contributed by atoms with Crippen LogP contribution in [0, 0.1) is 0 Å². The van der Waals surface area contributed by atoms with Crippen molar-refractivity contribution in [1.82, 2.24) is 4.98 Å². The molecule has 1 atom stereocenters. The maximum atomic E-state index is 11.6. The van der Waals surface area contributed by atoms with Crippen molar-refractivity contribution >= 4 is 33.0 Å². The molecule has 0 amide bonds. The number of rotatable bonds is 4. The lowest BCUT2D eigenvalue weighted by Crippen LogP contribution is -2.35. The molecule has 1 heterocycles. The zero-order valence-electron chi connectivity index (χ0n) is 8.04. The van der Waals surface area contributed by atoms with Crippen LogP contribution in [0.5, 0.6) is 0 Å². The summed E-state index contributed by atoms with van der Waals surface area (Å²) < 4.78 is 25.5. The standard InChI is InChI=1S/C8H11N3O2S2/c1-6(8(9)14)15(12,13)11-7-4-2-3-5-10-7/h2-6H,1H3,(H2,9,14)(H,10,11). The van der Waals surface area contributed by atoms with Crippen molar-refractivity contribution in [2.75, 3.05) is 4.72 Å². The van der Waals surface area contributed by atoms with Gasteiger partial charge >= 0.3 is 0 Å². The molecule has 0 saturated heterocycles. The highest BCUT2D eigenvalue weighted by atomic mass is 32.2. The number of sulfonamides is 1. The predicted octanol–water partition coefficient (Wildman–Crippen LogP) is 0.498. The second-order valence-corrected chi connectivity index (χ2v) is 5.38. The van der Waals surface area contributed by atoms with Crippen molar-refractivity contribution in [3.05, 3.63) is 24.4 Å². The van der Waals surface area contributed by atoms with E-state index in [-0.39, 0.29) is 10.8 Å². The van der Waals surface area contributed by atoms with Gasteiger partial charge in [-0.15, -0.1) is 0 Å². The molecule has 0 radical (unpaired) electrons. The van der Waals surface area contributed by atoms with Crippen LogP contribution < -0.4 is 10.5 Å². The zero-order chi connectivity index (χ0) is 11.5. The molecule has 0 fully saturated rings. The fourth-order valence-corrected chi connectivity index (χ4v) is 2.09. The van der Waals surface area contributed by atoms with Gasteiger partial charge in [-0.3, -0.25) is 4.72 Å². The van der Waals surface area contributed by atoms with Crippen LogP contribution in [-0.2, 0) is 10.0 Å². The molecule has 0 aliphatic rings. The monoisotopic (exact) mass is 245 g/mol. The maximum Gasteiger partial charge on any atom is 0.243 e. The van der Waals surface area contributed by atoms with Gasteiger partial charge in [-0.1, -0.05) is 18.3 Å². The Morgan fingerprint density at radius 1 is 1.60 bits per heavy atom. The number of hydrogen-bond donors (Lipinski definition) is 2. The Morgan fingerprint density at radius 3 is 2.73 bits per heavy atom. The molecular formula is C8H11N3O2S2. The van der Waals surface area contributed by atoms with E-state index in [9.17, 15) is 8.42 Å². The first kappa shape index (κ1) is 11.9. The van der Waals surface area contributed by atoms with Crippen molar-refractivity contribution in [3.63, 3.8) is 0 Å². The molecule has 1 unspecified atom stereocenters. The van der Waals surface area contributed by atoms with Crippen LogP contribution in [0.3, 0.4) is 0 Å². The Bertz CT molecular complexity index is 444. The maximum absolute atomic E-state index is 11.6. The van der Waals surface area contributed by atoms with Gasteiger partial charge in [0.05, 0.1) is 4.99 Å². The number of thiocarbonyl (C=S) groups is 1. The Kier molecular flexibility index (Phi) is 3.59. The van der Waals surface area contributed by atoms with Gasteiger partial charge in [-0.05, 0) is 19.1 Å². The van der Waals surface area contributed by atoms with Gasteiger partial charge in [0.15, 0.2) is 0 Å². The molecule has 1 aromatic heterocycles. The van der Waals surface area contributed by atoms with Crippen molar-refractivity contribution in [2.45, 2.75) is 12.2 Å². The Labute approximate surface area is 93.8 Å². The molecular weight excluding hydrogens is 234 g/mol. The average Bonchev–Trinajstić information content (AvgIpc) is 2.17. The van der Waals surface area contributed by atoms with E-state index >= 15 is 0 Å². The van der Waals surface area contributed by atoms with E-state index < -0.39 is 15.3 Å². The molecule has 3 N–H and O–H groups in total. The summed E-state index contributed by atoms with van der Waals surface area (Å²) in [4.78, 5) is 3.76. The topological polar surface area (TPSA) is 85.1 Å². The first-order valence-corrected chi connectivity index (χ1v) is 6.11. The number of anilines is 1. The molecule has 0 bridgehead atoms. The Morgan fingerprint density at radius 2 is 2.27 bits per heavy atom. The van der Waals surface area contributed by atoms with Gasteiger partial charge < -0.3 is 5.73 Å². The summed E-state index contributed by atoms with van der Waals surface area (Å²) in [5, 5.41) is -0.922. The minimum atomic E-state index is -3.59. The van der Waals surface area contributed by atoms with Crippen molar-refractivity contribution in [1.29, 1.82) is 0 Å². The summed E-state index contributed by atoms with van der Waals surface area (Å²) in [6.07, 6.45) is 1.49. The van der Waals surface area contributed by atoms with E-state index in [2.05, 4.69) is 21.9 Å². The molecule has 0 spiro atoms. The van der Waals surface area contributed by atoms with Crippen molar-refractivity contribution in [2.24, 2.45) is 5.73 Å². The largest absolute Gasteiger partial charge is 0.392 e. The van der Waals surface area contributed by atoms with E-state index in [1.54, 1.807) is 18.2 Å². The van der Waals surface area contributed by atoms with Crippen LogP contribution in [0.1, 0.15) is 6.92 Å². The van der Waals surface area contributed by atoms with E-state index in [1.807, 2.05) is 0 Å². The molecule has 0 saturated carbocycles. The highest BCUT2D eigenvalue weighted by Gasteiger charge is 2.23. The first-order valence-electron chi connectivity index (χ1n) is 4.15. The van der Waals surface area contributed by atoms with Crippen LogP contribution in [0.15, 0.2) is 24.4 Å². The third-order valence-electron chi connectivity index (χ3n) is 1.78. The average molecular weight is 245 g/mol. The van der Waals surface area contributed by atoms with Crippen LogP contribution in [0.4, 0.5) is 5.82 Å². The summed E-state index contributed by atoms with van der Waals surface area (Å²) in [7, 11) is -3.59. The SMILES string of the molecule is CC(C(N)=S)S(=O)(=O)Nc1ccccn1. The zero-order valence-corrected chi connectivity index (χ0v) is 9.68. The van der Waals surface area contributed by atoms with Crippen LogP contribution >= 0.6 is 12.2 Å². The molecule has 1 aromatic rings. The molecule has 82 valence electrons. The fraction of sp³-hybridized carbons (Fsp3) is 0.250. The van der Waals surface area contributed by atoms with E-state index in [4.69, 9.17) is 5.73 Å². The van der Waals surface area contributed by atoms with E-state index in [1.165, 1.54) is 13.1 Å². The second kappa shape index (κ2) is 4.54. The third-order valence-corrected chi connectivity index (χ3v) is 3.96. The van der Waals surface area contributed by atoms with Crippen LogP contribution in [0.2, 0.25) is 0 Å². The lowest BCUT2D eigenvalue weighted by atomic mass is 10.5. The number of nitrogens with one attached hydrogen (secondary N) is 1. The van der Waals surface area contributed by atoms with Crippen molar-refractivity contribution in [3.8, 4) is 0 Å². The molecule has 0 aromatic carbocycles. The Hall–Kier alpha value is -1.21. The van der Waals surface area contributed by atoms with Crippen LogP contribution in [-0.4, -0.2) is 23.6 Å². The molecule has 15 heavy (non-hydrogen) atoms. The Balaban J connectivity index is 2.87. The van der Waals surface area contributed by atoms with Crippen molar-refractivity contribution < 1.29 is 8.42 Å². The predicted molar refractivity (Wildman–Crippen MR) is 63.0 cm³/mol. The van der Waals surface area contributed by atoms with Gasteiger partial charge in [0, 0.05) is 6.20 Å². The lowest BCUT2D eigenvalue weighted by Gasteiger charge is -2.12. The summed E-state index contributed by atoms with van der Waals surface area (Å²) in [6, 6.07) is 4.91. The molecule has 0 aliphatic heterocycles. The van der Waals surface area contributed by atoms with Gasteiger partial charge in [0.25, 0.3) is 0 Å². The van der Waals surface area contributed by atoms with E-state index in [0.29, 0.717) is 0 Å². The summed E-state index contributed by atoms with van der Waals surface area (Å²) >= 11 is 4.62. The summed E-state index contributed by atoms with van der Waals surface area (Å²) in [5.41, 5.74) is 5.27. The highest BCUT2D eigenvalue weighted by molar-refractivity contribution is 7.95. The molecule has 7 heteroatoms. The third kappa shape index (κ3) is 3.14. The minimum Gasteiger partial charge on any atom is -0.392 e. The van der Waals surface area contributed by atoms with Crippen LogP contribution in [0.25, 0.3) is 0 Å². The second-order valence-electron chi connectivity index (χ2n) is 2.91. The quantitative estimate of drug-likeness (QED) is 0.754. The van der Waals surface area contributed by atoms with Gasteiger partial charge in [0.1, 0.15) is 11.1 Å². The number of nitrogens with zero attached hydrogens (tertiary/aromatic N) is 1. The summed E-state index contributed by atoms with van der Waals surface area (Å²) in [6.45, 7) is 1.42. The smallest absolute Gasteiger partial charge is 0.243 e. The van der Waals surface area contributed by atoms with Gasteiger partial charge in [-0.25, -0.2) is 13.4 Å². The number of pyridine rings is 1. The normalized spacial score (nSPS) is 13.1. The van der Waals surface area contributed by atoms with E-state index in [0.717, 1.165) is 0 Å². The summed E-state index contributed by atoms with van der Waals surface area (Å²) in [5.74, 6) is 0.251. The number of aromatic nitrogens is 1.